The number of rotatable bonds is 4. The Kier molecular flexibility index (Phi) is 5.19. The summed E-state index contributed by atoms with van der Waals surface area (Å²) in [6.07, 6.45) is 4.57. The van der Waals surface area contributed by atoms with Crippen LogP contribution in [0.2, 0.25) is 0 Å². The second kappa shape index (κ2) is 6.90. The molecule has 3 unspecified atom stereocenters. The van der Waals surface area contributed by atoms with E-state index in [4.69, 9.17) is 10.00 Å². The van der Waals surface area contributed by atoms with Gasteiger partial charge in [0.2, 0.25) is 0 Å². The summed E-state index contributed by atoms with van der Waals surface area (Å²) in [6, 6.07) is 7.61. The first kappa shape index (κ1) is 15.1. The maximum Gasteiger partial charge on any atom is 0.136 e. The Balaban J connectivity index is 2.06. The predicted octanol–water partition coefficient (Wildman–Crippen LogP) is 3.39. The summed E-state index contributed by atoms with van der Waals surface area (Å²) in [5, 5.41) is 9.40. The van der Waals surface area contributed by atoms with Crippen molar-refractivity contribution in [2.75, 3.05) is 7.11 Å². The van der Waals surface area contributed by atoms with Gasteiger partial charge in [0.1, 0.15) is 11.8 Å². The number of hydrogen-bond acceptors (Lipinski definition) is 3. The molecule has 1 aromatic rings. The molecule has 1 aromatic carbocycles. The predicted molar refractivity (Wildman–Crippen MR) is 81.0 cm³/mol. The van der Waals surface area contributed by atoms with Crippen LogP contribution < -0.4 is 4.74 Å². The van der Waals surface area contributed by atoms with Crippen LogP contribution in [0.25, 0.3) is 0 Å². The molecule has 108 valence electrons. The highest BCUT2D eigenvalue weighted by Gasteiger charge is 2.24. The highest BCUT2D eigenvalue weighted by Crippen LogP contribution is 2.28. The third-order valence-electron chi connectivity index (χ3n) is 3.95. The van der Waals surface area contributed by atoms with Crippen molar-refractivity contribution >= 4 is 10.8 Å². The van der Waals surface area contributed by atoms with E-state index in [0.717, 1.165) is 18.4 Å². The largest absolute Gasteiger partial charge is 0.495 e. The third kappa shape index (κ3) is 3.61. The Labute approximate surface area is 123 Å². The Morgan fingerprint density at radius 1 is 1.45 bits per heavy atom. The van der Waals surface area contributed by atoms with Crippen LogP contribution in [0.15, 0.2) is 18.2 Å². The Bertz CT molecular complexity index is 536. The topological polar surface area (TPSA) is 50.1 Å². The van der Waals surface area contributed by atoms with Crippen LogP contribution in [-0.2, 0) is 16.6 Å². The van der Waals surface area contributed by atoms with E-state index in [2.05, 4.69) is 13.0 Å². The van der Waals surface area contributed by atoms with Gasteiger partial charge in [-0.25, -0.2) is 0 Å². The van der Waals surface area contributed by atoms with Crippen molar-refractivity contribution in [3.8, 4) is 11.8 Å². The average Bonchev–Trinajstić information content (AvgIpc) is 2.47. The minimum absolute atomic E-state index is 0.311. The maximum absolute atomic E-state index is 12.5. The summed E-state index contributed by atoms with van der Waals surface area (Å²) in [4.78, 5) is 0. The molecule has 3 atom stereocenters. The van der Waals surface area contributed by atoms with Gasteiger partial charge in [-0.15, -0.1) is 0 Å². The number of nitrogens with zero attached hydrogens (tertiary/aromatic N) is 1. The van der Waals surface area contributed by atoms with Crippen LogP contribution in [0.3, 0.4) is 0 Å². The van der Waals surface area contributed by atoms with Crippen LogP contribution in [0.5, 0.6) is 5.75 Å². The summed E-state index contributed by atoms with van der Waals surface area (Å²) >= 11 is 0. The molecule has 20 heavy (non-hydrogen) atoms. The molecule has 1 saturated carbocycles. The standard InChI is InChI=1S/C16H21NO2S/c1-12-4-3-5-15(8-12)20(18)11-13-6-7-16(19-2)14(9-13)10-17/h6-7,9,12,15H,3-5,8,11H2,1-2H3. The van der Waals surface area contributed by atoms with Crippen molar-refractivity contribution < 1.29 is 8.95 Å². The van der Waals surface area contributed by atoms with Gasteiger partial charge in [-0.1, -0.05) is 25.8 Å². The first-order valence-corrected chi connectivity index (χ1v) is 8.46. The fraction of sp³-hybridized carbons (Fsp3) is 0.562. The fourth-order valence-electron chi connectivity index (χ4n) is 2.83. The van der Waals surface area contributed by atoms with E-state index >= 15 is 0 Å². The maximum atomic E-state index is 12.5. The van der Waals surface area contributed by atoms with E-state index in [1.807, 2.05) is 6.07 Å². The van der Waals surface area contributed by atoms with Crippen LogP contribution in [0, 0.1) is 17.2 Å². The van der Waals surface area contributed by atoms with Gasteiger partial charge in [-0.2, -0.15) is 5.26 Å². The molecule has 0 aromatic heterocycles. The highest BCUT2D eigenvalue weighted by atomic mass is 32.2. The number of hydrogen-bond donors (Lipinski definition) is 0. The summed E-state index contributed by atoms with van der Waals surface area (Å²) < 4.78 is 17.6. The summed E-state index contributed by atoms with van der Waals surface area (Å²) in [5.41, 5.74) is 1.47. The van der Waals surface area contributed by atoms with Gasteiger partial charge in [-0.05, 0) is 36.5 Å². The molecule has 0 aliphatic heterocycles. The molecule has 2 rings (SSSR count). The molecular weight excluding hydrogens is 270 g/mol. The van der Waals surface area contributed by atoms with Crippen molar-refractivity contribution in [1.82, 2.24) is 0 Å². The molecule has 1 aliphatic rings. The second-order valence-corrected chi connectivity index (χ2v) is 7.28. The molecule has 1 fully saturated rings. The zero-order valence-electron chi connectivity index (χ0n) is 12.1. The van der Waals surface area contributed by atoms with Gasteiger partial charge in [0.25, 0.3) is 0 Å². The summed E-state index contributed by atoms with van der Waals surface area (Å²) in [5.74, 6) is 1.80. The van der Waals surface area contributed by atoms with E-state index in [0.29, 0.717) is 28.2 Å². The lowest BCUT2D eigenvalue weighted by Gasteiger charge is -2.26. The average molecular weight is 291 g/mol. The Morgan fingerprint density at radius 2 is 2.25 bits per heavy atom. The number of methoxy groups -OCH3 is 1. The fourth-order valence-corrected chi connectivity index (χ4v) is 4.55. The van der Waals surface area contributed by atoms with Crippen LogP contribution in [0.1, 0.15) is 43.7 Å². The first-order chi connectivity index (χ1) is 9.63. The zero-order chi connectivity index (χ0) is 14.5. The molecule has 0 amide bonds. The Hall–Kier alpha value is -1.34. The monoisotopic (exact) mass is 291 g/mol. The first-order valence-electron chi connectivity index (χ1n) is 7.08. The minimum Gasteiger partial charge on any atom is -0.495 e. The van der Waals surface area contributed by atoms with Crippen LogP contribution in [0.4, 0.5) is 0 Å². The van der Waals surface area contributed by atoms with Gasteiger partial charge in [-0.3, -0.25) is 4.21 Å². The summed E-state index contributed by atoms with van der Waals surface area (Å²) in [7, 11) is 0.706. The zero-order valence-corrected chi connectivity index (χ0v) is 12.9. The molecule has 1 aliphatic carbocycles. The quantitative estimate of drug-likeness (QED) is 0.854. The van der Waals surface area contributed by atoms with Gasteiger partial charge >= 0.3 is 0 Å². The number of benzene rings is 1. The van der Waals surface area contributed by atoms with E-state index in [9.17, 15) is 4.21 Å². The molecule has 0 heterocycles. The molecule has 0 N–H and O–H groups in total. The van der Waals surface area contributed by atoms with E-state index in [1.165, 1.54) is 12.8 Å². The summed E-state index contributed by atoms with van der Waals surface area (Å²) in [6.45, 7) is 2.24. The van der Waals surface area contributed by atoms with Gasteiger partial charge in [0.05, 0.1) is 12.7 Å². The second-order valence-electron chi connectivity index (χ2n) is 5.57. The van der Waals surface area contributed by atoms with Gasteiger partial charge in [0.15, 0.2) is 0 Å². The normalized spacial score (nSPS) is 23.9. The molecule has 0 bridgehead atoms. The molecular formula is C16H21NO2S. The van der Waals surface area contributed by atoms with E-state index in [1.54, 1.807) is 19.2 Å². The van der Waals surface area contributed by atoms with Crippen molar-refractivity contribution in [2.45, 2.75) is 43.6 Å². The van der Waals surface area contributed by atoms with Crippen molar-refractivity contribution in [2.24, 2.45) is 5.92 Å². The van der Waals surface area contributed by atoms with Gasteiger partial charge < -0.3 is 4.74 Å². The van der Waals surface area contributed by atoms with Gasteiger partial charge in [0, 0.05) is 21.8 Å². The Morgan fingerprint density at radius 3 is 2.90 bits per heavy atom. The molecule has 4 heteroatoms. The van der Waals surface area contributed by atoms with E-state index in [-0.39, 0.29) is 0 Å². The molecule has 3 nitrogen and oxygen atoms in total. The van der Waals surface area contributed by atoms with Crippen molar-refractivity contribution in [3.63, 3.8) is 0 Å². The van der Waals surface area contributed by atoms with Crippen molar-refractivity contribution in [3.05, 3.63) is 29.3 Å². The molecule has 0 radical (unpaired) electrons. The number of ether oxygens (including phenoxy) is 1. The lowest BCUT2D eigenvalue weighted by atomic mass is 9.91. The molecule has 0 spiro atoms. The van der Waals surface area contributed by atoms with Crippen LogP contribution >= 0.6 is 0 Å². The highest BCUT2D eigenvalue weighted by molar-refractivity contribution is 7.84. The third-order valence-corrected chi connectivity index (χ3v) is 5.74. The SMILES string of the molecule is COc1ccc(CS(=O)C2CCCC(C)C2)cc1C#N. The lowest BCUT2D eigenvalue weighted by molar-refractivity contribution is 0.389. The van der Waals surface area contributed by atoms with E-state index < -0.39 is 10.8 Å². The van der Waals surface area contributed by atoms with Crippen LogP contribution in [-0.4, -0.2) is 16.6 Å². The lowest BCUT2D eigenvalue weighted by Crippen LogP contribution is -2.24. The number of nitriles is 1. The molecule has 0 saturated heterocycles. The minimum atomic E-state index is -0.847. The smallest absolute Gasteiger partial charge is 0.136 e. The van der Waals surface area contributed by atoms with Crippen molar-refractivity contribution in [1.29, 1.82) is 5.26 Å².